The zero-order chi connectivity index (χ0) is 14.0. The fraction of sp³-hybridized carbons (Fsp3) is 0.308. The third-order valence-corrected chi connectivity index (χ3v) is 2.93. The minimum atomic E-state index is 0.171. The smallest absolute Gasteiger partial charge is 0.233 e. The molecule has 0 bridgehead atoms. The molecule has 2 rings (SSSR count). The molecule has 0 aliphatic rings. The number of aryl methyl sites for hydroxylation is 2. The Morgan fingerprint density at radius 3 is 2.42 bits per heavy atom. The normalized spacial score (nSPS) is 10.4. The molecule has 0 saturated carbocycles. The molecule has 1 N–H and O–H groups in total. The highest BCUT2D eigenvalue weighted by molar-refractivity contribution is 6.28. The summed E-state index contributed by atoms with van der Waals surface area (Å²) in [6.45, 7) is 4.13. The van der Waals surface area contributed by atoms with Crippen LogP contribution >= 0.6 is 11.6 Å². The van der Waals surface area contributed by atoms with Crippen molar-refractivity contribution in [2.45, 2.75) is 13.8 Å². The van der Waals surface area contributed by atoms with E-state index in [0.29, 0.717) is 11.9 Å². The predicted molar refractivity (Wildman–Crippen MR) is 78.4 cm³/mol. The first-order valence-electron chi connectivity index (χ1n) is 5.89. The summed E-state index contributed by atoms with van der Waals surface area (Å²) >= 11 is 5.89. The summed E-state index contributed by atoms with van der Waals surface area (Å²) in [6, 6.07) is 6.07. The van der Waals surface area contributed by atoms with Crippen LogP contribution in [-0.2, 0) is 0 Å². The molecule has 0 atom stereocenters. The van der Waals surface area contributed by atoms with E-state index in [1.165, 1.54) is 11.1 Å². The number of rotatable bonds is 3. The molecule has 5 nitrogen and oxygen atoms in total. The van der Waals surface area contributed by atoms with Crippen LogP contribution in [0.1, 0.15) is 11.1 Å². The molecule has 1 aromatic carbocycles. The molecule has 0 spiro atoms. The van der Waals surface area contributed by atoms with Gasteiger partial charge in [-0.1, -0.05) is 6.07 Å². The third-order valence-electron chi connectivity index (χ3n) is 2.76. The second-order valence-corrected chi connectivity index (χ2v) is 4.88. The molecule has 0 unspecified atom stereocenters. The number of hydrogen-bond donors (Lipinski definition) is 1. The monoisotopic (exact) mass is 277 g/mol. The van der Waals surface area contributed by atoms with E-state index in [1.807, 2.05) is 32.3 Å². The second-order valence-electron chi connectivity index (χ2n) is 4.55. The molecule has 0 radical (unpaired) electrons. The number of aromatic nitrogens is 3. The van der Waals surface area contributed by atoms with Crippen LogP contribution in [0.2, 0.25) is 5.28 Å². The molecule has 0 fully saturated rings. The lowest BCUT2D eigenvalue weighted by Gasteiger charge is -2.12. The van der Waals surface area contributed by atoms with Crippen LogP contribution in [0.15, 0.2) is 18.2 Å². The van der Waals surface area contributed by atoms with E-state index in [9.17, 15) is 0 Å². The van der Waals surface area contributed by atoms with Crippen molar-refractivity contribution < 1.29 is 0 Å². The molecule has 2 aromatic rings. The van der Waals surface area contributed by atoms with Gasteiger partial charge in [-0.25, -0.2) is 0 Å². The maximum absolute atomic E-state index is 5.89. The third kappa shape index (κ3) is 3.32. The average Bonchev–Trinajstić information content (AvgIpc) is 2.33. The largest absolute Gasteiger partial charge is 0.347 e. The first-order valence-corrected chi connectivity index (χ1v) is 6.26. The van der Waals surface area contributed by atoms with Crippen LogP contribution in [0, 0.1) is 13.8 Å². The van der Waals surface area contributed by atoms with Crippen LogP contribution in [0.4, 0.5) is 17.6 Å². The van der Waals surface area contributed by atoms with Gasteiger partial charge in [-0.15, -0.1) is 0 Å². The topological polar surface area (TPSA) is 53.9 Å². The van der Waals surface area contributed by atoms with Crippen LogP contribution < -0.4 is 10.2 Å². The average molecular weight is 278 g/mol. The number of nitrogens with one attached hydrogen (secondary N) is 1. The first-order chi connectivity index (χ1) is 8.95. The zero-order valence-electron chi connectivity index (χ0n) is 11.4. The molecule has 6 heteroatoms. The van der Waals surface area contributed by atoms with Gasteiger partial charge in [-0.05, 0) is 48.7 Å². The fourth-order valence-electron chi connectivity index (χ4n) is 1.54. The van der Waals surface area contributed by atoms with Crippen LogP contribution in [0.25, 0.3) is 0 Å². The van der Waals surface area contributed by atoms with E-state index >= 15 is 0 Å². The van der Waals surface area contributed by atoms with Gasteiger partial charge < -0.3 is 10.2 Å². The number of hydrogen-bond acceptors (Lipinski definition) is 5. The van der Waals surface area contributed by atoms with Gasteiger partial charge in [0.05, 0.1) is 0 Å². The summed E-state index contributed by atoms with van der Waals surface area (Å²) in [5.41, 5.74) is 3.38. The molecular formula is C13H16ClN5. The van der Waals surface area contributed by atoms with Crippen molar-refractivity contribution >= 4 is 29.2 Å². The highest BCUT2D eigenvalue weighted by Gasteiger charge is 2.07. The molecule has 0 aliphatic heterocycles. The Balaban J connectivity index is 2.29. The van der Waals surface area contributed by atoms with Crippen molar-refractivity contribution in [1.29, 1.82) is 0 Å². The van der Waals surface area contributed by atoms with Crippen molar-refractivity contribution in [2.24, 2.45) is 0 Å². The maximum Gasteiger partial charge on any atom is 0.233 e. The second kappa shape index (κ2) is 5.40. The van der Waals surface area contributed by atoms with E-state index in [2.05, 4.69) is 34.1 Å². The van der Waals surface area contributed by atoms with Crippen LogP contribution in [0.3, 0.4) is 0 Å². The lowest BCUT2D eigenvalue weighted by molar-refractivity contribution is 0.961. The lowest BCUT2D eigenvalue weighted by Crippen LogP contribution is -2.14. The molecule has 1 heterocycles. The Bertz CT molecular complexity index is 598. The van der Waals surface area contributed by atoms with Gasteiger partial charge in [0.15, 0.2) is 0 Å². The summed E-state index contributed by atoms with van der Waals surface area (Å²) in [5, 5.41) is 3.31. The number of halogens is 1. The molecule has 1 aromatic heterocycles. The van der Waals surface area contributed by atoms with Crippen LogP contribution in [-0.4, -0.2) is 29.0 Å². The quantitative estimate of drug-likeness (QED) is 0.935. The minimum absolute atomic E-state index is 0.171. The zero-order valence-corrected chi connectivity index (χ0v) is 12.2. The summed E-state index contributed by atoms with van der Waals surface area (Å²) in [6.07, 6.45) is 0. The highest BCUT2D eigenvalue weighted by atomic mass is 35.5. The molecule has 0 amide bonds. The van der Waals surface area contributed by atoms with Gasteiger partial charge >= 0.3 is 0 Å². The van der Waals surface area contributed by atoms with Crippen molar-refractivity contribution in [3.63, 3.8) is 0 Å². The maximum atomic E-state index is 5.89. The minimum Gasteiger partial charge on any atom is -0.347 e. The van der Waals surface area contributed by atoms with Gasteiger partial charge in [0.25, 0.3) is 0 Å². The molecule has 100 valence electrons. The molecule has 0 aliphatic carbocycles. The van der Waals surface area contributed by atoms with Gasteiger partial charge in [0.1, 0.15) is 0 Å². The summed E-state index contributed by atoms with van der Waals surface area (Å²) in [7, 11) is 3.71. The summed E-state index contributed by atoms with van der Waals surface area (Å²) < 4.78 is 0. The van der Waals surface area contributed by atoms with E-state index in [0.717, 1.165) is 5.69 Å². The van der Waals surface area contributed by atoms with E-state index in [1.54, 1.807) is 4.90 Å². The Hall–Kier alpha value is -1.88. The summed E-state index contributed by atoms with van der Waals surface area (Å²) in [5.74, 6) is 0.957. The Morgan fingerprint density at radius 1 is 1.05 bits per heavy atom. The Kier molecular flexibility index (Phi) is 3.85. The van der Waals surface area contributed by atoms with Crippen molar-refractivity contribution in [2.75, 3.05) is 24.3 Å². The highest BCUT2D eigenvalue weighted by Crippen LogP contribution is 2.19. The molecular weight excluding hydrogens is 262 g/mol. The van der Waals surface area contributed by atoms with Crippen molar-refractivity contribution in [3.05, 3.63) is 34.6 Å². The van der Waals surface area contributed by atoms with Crippen LogP contribution in [0.5, 0.6) is 0 Å². The van der Waals surface area contributed by atoms with Crippen molar-refractivity contribution in [1.82, 2.24) is 15.0 Å². The molecule has 0 saturated heterocycles. The standard InChI is InChI=1S/C13H16ClN5/c1-8-5-6-10(7-9(8)2)15-12-16-11(14)17-13(18-12)19(3)4/h5-7H,1-4H3,(H,15,16,17,18). The van der Waals surface area contributed by atoms with Gasteiger partial charge in [0.2, 0.25) is 17.2 Å². The fourth-order valence-corrected chi connectivity index (χ4v) is 1.70. The first kappa shape index (κ1) is 13.5. The van der Waals surface area contributed by atoms with E-state index < -0.39 is 0 Å². The van der Waals surface area contributed by atoms with E-state index in [4.69, 9.17) is 11.6 Å². The van der Waals surface area contributed by atoms with Gasteiger partial charge in [-0.2, -0.15) is 15.0 Å². The predicted octanol–water partition coefficient (Wildman–Crippen LogP) is 2.95. The number of nitrogens with zero attached hydrogens (tertiary/aromatic N) is 4. The van der Waals surface area contributed by atoms with E-state index in [-0.39, 0.29) is 5.28 Å². The summed E-state index contributed by atoms with van der Waals surface area (Å²) in [4.78, 5) is 14.2. The molecule has 19 heavy (non-hydrogen) atoms. The lowest BCUT2D eigenvalue weighted by atomic mass is 10.1. The van der Waals surface area contributed by atoms with Crippen molar-refractivity contribution in [3.8, 4) is 0 Å². The number of anilines is 3. The Labute approximate surface area is 117 Å². The van der Waals surface area contributed by atoms with Gasteiger partial charge in [0, 0.05) is 19.8 Å². The SMILES string of the molecule is Cc1ccc(Nc2nc(Cl)nc(N(C)C)n2)cc1C. The Morgan fingerprint density at radius 2 is 1.79 bits per heavy atom. The number of benzene rings is 1. The van der Waals surface area contributed by atoms with Gasteiger partial charge in [-0.3, -0.25) is 0 Å².